The molecule has 1 aliphatic carbocycles. The summed E-state index contributed by atoms with van der Waals surface area (Å²) in [6, 6.07) is 0. The molecule has 1 spiro atoms. The van der Waals surface area contributed by atoms with Crippen LogP contribution in [0.25, 0.3) is 0 Å². The van der Waals surface area contributed by atoms with Crippen molar-refractivity contribution in [1.82, 2.24) is 4.31 Å². The number of nitrogens with zero attached hydrogens (tertiary/aromatic N) is 1. The molecular weight excluding hydrogens is 214 g/mol. The molecule has 0 radical (unpaired) electrons. The summed E-state index contributed by atoms with van der Waals surface area (Å²) in [5, 5.41) is 0. The Hall–Kier alpha value is -0.290. The van der Waals surface area contributed by atoms with Gasteiger partial charge in [0.2, 0.25) is 5.91 Å². The Morgan fingerprint density at radius 2 is 2.08 bits per heavy atom. The van der Waals surface area contributed by atoms with Crippen LogP contribution in [-0.4, -0.2) is 24.2 Å². The van der Waals surface area contributed by atoms with E-state index in [0.29, 0.717) is 12.3 Å². The van der Waals surface area contributed by atoms with Crippen molar-refractivity contribution in [1.29, 1.82) is 0 Å². The van der Waals surface area contributed by atoms with Gasteiger partial charge in [-0.05, 0) is 18.8 Å². The SMILES string of the molecule is CC1CC2(CC(=O)N2S(=O)(=O)Cl)C1. The first kappa shape index (κ1) is 9.27. The number of carbonyl (C=O) groups excluding carboxylic acids is 1. The summed E-state index contributed by atoms with van der Waals surface area (Å²) in [6.07, 6.45) is 1.85. The lowest BCUT2D eigenvalue weighted by atomic mass is 9.63. The van der Waals surface area contributed by atoms with Crippen LogP contribution in [-0.2, 0) is 14.0 Å². The van der Waals surface area contributed by atoms with Crippen LogP contribution >= 0.6 is 10.7 Å². The van der Waals surface area contributed by atoms with Gasteiger partial charge in [-0.2, -0.15) is 8.42 Å². The summed E-state index contributed by atoms with van der Waals surface area (Å²) < 4.78 is 22.9. The first-order chi connectivity index (χ1) is 5.85. The van der Waals surface area contributed by atoms with Gasteiger partial charge in [-0.15, -0.1) is 0 Å². The Labute approximate surface area is 81.4 Å². The molecule has 1 saturated carbocycles. The number of hydrogen-bond acceptors (Lipinski definition) is 3. The number of β-lactam (4-membered cyclic amide) rings is 1. The van der Waals surface area contributed by atoms with E-state index in [1.165, 1.54) is 0 Å². The standard InChI is InChI=1S/C7H10ClNO3S/c1-5-2-7(3-5)4-6(10)9(7)13(8,11)12/h5H,2-4H2,1H3. The summed E-state index contributed by atoms with van der Waals surface area (Å²) in [5.74, 6) is 0.121. The molecule has 0 aromatic heterocycles. The topological polar surface area (TPSA) is 54.5 Å². The van der Waals surface area contributed by atoms with Crippen LogP contribution in [0.3, 0.4) is 0 Å². The molecule has 74 valence electrons. The van der Waals surface area contributed by atoms with Gasteiger partial charge in [0.05, 0.1) is 12.0 Å². The minimum absolute atomic E-state index is 0.337. The van der Waals surface area contributed by atoms with Gasteiger partial charge >= 0.3 is 9.24 Å². The van der Waals surface area contributed by atoms with E-state index in [2.05, 4.69) is 0 Å². The van der Waals surface area contributed by atoms with Crippen LogP contribution in [0.4, 0.5) is 0 Å². The molecule has 0 aromatic rings. The highest BCUT2D eigenvalue weighted by Crippen LogP contribution is 2.52. The van der Waals surface area contributed by atoms with Crippen molar-refractivity contribution in [2.75, 3.05) is 0 Å². The summed E-state index contributed by atoms with van der Waals surface area (Å²) in [7, 11) is 1.30. The third-order valence-electron chi connectivity index (χ3n) is 2.81. The van der Waals surface area contributed by atoms with E-state index in [9.17, 15) is 13.2 Å². The molecule has 6 heteroatoms. The average Bonchev–Trinajstić information content (AvgIpc) is 1.77. The number of halogens is 1. The third kappa shape index (κ3) is 1.17. The van der Waals surface area contributed by atoms with E-state index in [1.54, 1.807) is 0 Å². The van der Waals surface area contributed by atoms with E-state index in [4.69, 9.17) is 10.7 Å². The van der Waals surface area contributed by atoms with Gasteiger partial charge in [0.15, 0.2) is 0 Å². The maximum atomic E-state index is 11.1. The van der Waals surface area contributed by atoms with E-state index in [0.717, 1.165) is 17.1 Å². The van der Waals surface area contributed by atoms with Crippen LogP contribution in [0.1, 0.15) is 26.2 Å². The second-order valence-electron chi connectivity index (χ2n) is 4.01. The summed E-state index contributed by atoms with van der Waals surface area (Å²) in [5.41, 5.74) is -0.447. The zero-order chi connectivity index (χ0) is 9.85. The fourth-order valence-electron chi connectivity index (χ4n) is 2.50. The first-order valence-electron chi connectivity index (χ1n) is 4.13. The second kappa shape index (κ2) is 2.39. The number of carbonyl (C=O) groups is 1. The molecule has 1 heterocycles. The molecular formula is C7H10ClNO3S. The Balaban J connectivity index is 2.23. The highest BCUT2D eigenvalue weighted by atomic mass is 35.7. The van der Waals surface area contributed by atoms with Crippen molar-refractivity contribution in [2.24, 2.45) is 5.92 Å². The maximum absolute atomic E-state index is 11.1. The first-order valence-corrected chi connectivity index (χ1v) is 6.40. The fourth-order valence-corrected chi connectivity index (χ4v) is 4.15. The molecule has 4 nitrogen and oxygen atoms in total. The Morgan fingerprint density at radius 1 is 1.54 bits per heavy atom. The van der Waals surface area contributed by atoms with Crippen molar-refractivity contribution >= 4 is 25.8 Å². The molecule has 2 aliphatic rings. The van der Waals surface area contributed by atoms with Gasteiger partial charge in [0.25, 0.3) is 0 Å². The quantitative estimate of drug-likeness (QED) is 0.490. The molecule has 0 aromatic carbocycles. The second-order valence-corrected chi connectivity index (χ2v) is 6.37. The summed E-state index contributed by atoms with van der Waals surface area (Å²) >= 11 is 0. The van der Waals surface area contributed by atoms with E-state index in [1.807, 2.05) is 6.92 Å². The predicted octanol–water partition coefficient (Wildman–Crippen LogP) is 0.871. The van der Waals surface area contributed by atoms with Crippen LogP contribution in [0.5, 0.6) is 0 Å². The monoisotopic (exact) mass is 223 g/mol. The molecule has 0 bridgehead atoms. The zero-order valence-electron chi connectivity index (χ0n) is 7.16. The van der Waals surface area contributed by atoms with Crippen LogP contribution in [0, 0.1) is 5.92 Å². The van der Waals surface area contributed by atoms with Crippen molar-refractivity contribution in [3.63, 3.8) is 0 Å². The molecule has 13 heavy (non-hydrogen) atoms. The van der Waals surface area contributed by atoms with Gasteiger partial charge in [-0.3, -0.25) is 4.79 Å². The highest BCUT2D eigenvalue weighted by Gasteiger charge is 2.61. The highest BCUT2D eigenvalue weighted by molar-refractivity contribution is 8.12. The van der Waals surface area contributed by atoms with Gasteiger partial charge < -0.3 is 0 Å². The average molecular weight is 224 g/mol. The lowest BCUT2D eigenvalue weighted by Crippen LogP contribution is -2.69. The largest absolute Gasteiger partial charge is 0.324 e. The van der Waals surface area contributed by atoms with Gasteiger partial charge in [-0.25, -0.2) is 4.31 Å². The lowest BCUT2D eigenvalue weighted by molar-refractivity contribution is -0.155. The maximum Gasteiger partial charge on any atom is 0.324 e. The lowest BCUT2D eigenvalue weighted by Gasteiger charge is -2.57. The van der Waals surface area contributed by atoms with E-state index < -0.39 is 14.8 Å². The van der Waals surface area contributed by atoms with Crippen molar-refractivity contribution < 1.29 is 13.2 Å². The smallest absolute Gasteiger partial charge is 0.274 e. The molecule has 1 saturated heterocycles. The molecule has 0 unspecified atom stereocenters. The Morgan fingerprint density at radius 3 is 2.38 bits per heavy atom. The van der Waals surface area contributed by atoms with Gasteiger partial charge in [0.1, 0.15) is 0 Å². The summed E-state index contributed by atoms with van der Waals surface area (Å²) in [4.78, 5) is 11.1. The predicted molar refractivity (Wildman–Crippen MR) is 47.4 cm³/mol. The minimum atomic E-state index is -3.85. The molecule has 2 rings (SSSR count). The molecule has 1 amide bonds. The number of amides is 1. The fraction of sp³-hybridized carbons (Fsp3) is 0.857. The van der Waals surface area contributed by atoms with Crippen molar-refractivity contribution in [3.8, 4) is 0 Å². The minimum Gasteiger partial charge on any atom is -0.274 e. The van der Waals surface area contributed by atoms with Gasteiger partial charge in [0, 0.05) is 10.7 Å². The van der Waals surface area contributed by atoms with Crippen molar-refractivity contribution in [2.45, 2.75) is 31.7 Å². The molecule has 1 aliphatic heterocycles. The van der Waals surface area contributed by atoms with Crippen LogP contribution < -0.4 is 0 Å². The van der Waals surface area contributed by atoms with E-state index >= 15 is 0 Å². The van der Waals surface area contributed by atoms with Crippen LogP contribution in [0.2, 0.25) is 0 Å². The molecule has 2 fully saturated rings. The number of rotatable bonds is 1. The van der Waals surface area contributed by atoms with Crippen molar-refractivity contribution in [3.05, 3.63) is 0 Å². The zero-order valence-corrected chi connectivity index (χ0v) is 8.73. The third-order valence-corrected chi connectivity index (χ3v) is 4.25. The van der Waals surface area contributed by atoms with E-state index in [-0.39, 0.29) is 5.91 Å². The Bertz CT molecular complexity index is 358. The van der Waals surface area contributed by atoms with Crippen LogP contribution in [0.15, 0.2) is 0 Å². The Kier molecular flexibility index (Phi) is 1.70. The molecule has 0 atom stereocenters. The summed E-state index contributed by atoms with van der Waals surface area (Å²) in [6.45, 7) is 2.03. The normalized spacial score (nSPS) is 38.8. The number of hydrogen-bond donors (Lipinski definition) is 0. The van der Waals surface area contributed by atoms with Gasteiger partial charge in [-0.1, -0.05) is 6.92 Å². The molecule has 0 N–H and O–H groups in total.